The standard InChI is InChI=1S/C26H34Cl2N4O4S/c1-4-36-21-8-5-19(6-9-21)16-29(2)25-18-31(17-22(25)20-7-10-23(27)24(28)15-20)26(33)30-11-13-32(14-12-30)37(3,34)35/h5-10,15,22,25H,4,11-14,16-18H2,1-3H3/t22-,25-/m1/s1. The van der Waals surface area contributed by atoms with Crippen LogP contribution in [0.15, 0.2) is 42.5 Å². The van der Waals surface area contributed by atoms with E-state index < -0.39 is 10.0 Å². The third-order valence-electron chi connectivity index (χ3n) is 7.14. The molecule has 0 aromatic heterocycles. The molecular formula is C26H34Cl2N4O4S. The van der Waals surface area contributed by atoms with E-state index in [1.807, 2.05) is 36.1 Å². The van der Waals surface area contributed by atoms with Crippen molar-refractivity contribution >= 4 is 39.3 Å². The van der Waals surface area contributed by atoms with E-state index in [4.69, 9.17) is 27.9 Å². The molecule has 4 rings (SSSR count). The van der Waals surface area contributed by atoms with Crippen LogP contribution in [0.2, 0.25) is 10.0 Å². The Morgan fingerprint density at radius 3 is 2.27 bits per heavy atom. The summed E-state index contributed by atoms with van der Waals surface area (Å²) >= 11 is 12.5. The van der Waals surface area contributed by atoms with E-state index in [2.05, 4.69) is 24.1 Å². The van der Waals surface area contributed by atoms with Crippen LogP contribution in [-0.4, -0.2) is 98.7 Å². The van der Waals surface area contributed by atoms with Crippen LogP contribution in [0, 0.1) is 0 Å². The van der Waals surface area contributed by atoms with Gasteiger partial charge < -0.3 is 14.5 Å². The number of nitrogens with zero attached hydrogens (tertiary/aromatic N) is 4. The smallest absolute Gasteiger partial charge is 0.320 e. The highest BCUT2D eigenvalue weighted by molar-refractivity contribution is 7.88. The number of likely N-dealkylation sites (tertiary alicyclic amines) is 1. The zero-order valence-electron chi connectivity index (χ0n) is 21.4. The van der Waals surface area contributed by atoms with Gasteiger partial charge in [-0.25, -0.2) is 13.2 Å². The van der Waals surface area contributed by atoms with Gasteiger partial charge >= 0.3 is 6.03 Å². The van der Waals surface area contributed by atoms with Crippen molar-refractivity contribution < 1.29 is 17.9 Å². The predicted octanol–water partition coefficient (Wildman–Crippen LogP) is 3.99. The van der Waals surface area contributed by atoms with E-state index in [0.29, 0.717) is 62.5 Å². The van der Waals surface area contributed by atoms with Crippen molar-refractivity contribution in [2.75, 3.05) is 59.2 Å². The van der Waals surface area contributed by atoms with Crippen molar-refractivity contribution in [2.45, 2.75) is 25.4 Å². The number of likely N-dealkylation sites (N-methyl/N-ethyl adjacent to an activating group) is 1. The zero-order chi connectivity index (χ0) is 26.7. The number of halogens is 2. The lowest BCUT2D eigenvalue weighted by atomic mass is 9.93. The molecule has 37 heavy (non-hydrogen) atoms. The Balaban J connectivity index is 1.51. The maximum Gasteiger partial charge on any atom is 0.320 e. The van der Waals surface area contributed by atoms with Crippen LogP contribution >= 0.6 is 23.2 Å². The summed E-state index contributed by atoms with van der Waals surface area (Å²) in [6.07, 6.45) is 1.21. The average Bonchev–Trinajstić information content (AvgIpc) is 3.32. The Bertz CT molecular complexity index is 1200. The first kappa shape index (κ1) is 28.0. The van der Waals surface area contributed by atoms with Crippen LogP contribution in [0.25, 0.3) is 0 Å². The molecule has 0 N–H and O–H groups in total. The number of piperazine rings is 1. The largest absolute Gasteiger partial charge is 0.494 e. The molecule has 2 atom stereocenters. The van der Waals surface area contributed by atoms with E-state index in [1.54, 1.807) is 11.0 Å². The third-order valence-corrected chi connectivity index (χ3v) is 9.18. The van der Waals surface area contributed by atoms with Crippen LogP contribution in [0.1, 0.15) is 24.0 Å². The second kappa shape index (κ2) is 11.8. The summed E-state index contributed by atoms with van der Waals surface area (Å²) < 4.78 is 30.7. The van der Waals surface area contributed by atoms with Crippen molar-refractivity contribution in [3.63, 3.8) is 0 Å². The van der Waals surface area contributed by atoms with Crippen LogP contribution in [0.3, 0.4) is 0 Å². The number of benzene rings is 2. The minimum Gasteiger partial charge on any atom is -0.494 e. The molecule has 11 heteroatoms. The van der Waals surface area contributed by atoms with Crippen molar-refractivity contribution in [1.82, 2.24) is 19.0 Å². The molecule has 2 aliphatic heterocycles. The van der Waals surface area contributed by atoms with Gasteiger partial charge in [-0.3, -0.25) is 4.90 Å². The summed E-state index contributed by atoms with van der Waals surface area (Å²) in [6, 6.07) is 13.8. The molecule has 2 heterocycles. The molecule has 2 aliphatic rings. The van der Waals surface area contributed by atoms with E-state index in [1.165, 1.54) is 10.6 Å². The summed E-state index contributed by atoms with van der Waals surface area (Å²) in [5.41, 5.74) is 2.19. The number of carbonyl (C=O) groups excluding carboxylic acids is 1. The van der Waals surface area contributed by atoms with E-state index in [-0.39, 0.29) is 18.0 Å². The summed E-state index contributed by atoms with van der Waals surface area (Å²) in [6.45, 7) is 5.79. The molecular weight excluding hydrogens is 535 g/mol. The van der Waals surface area contributed by atoms with Crippen molar-refractivity contribution in [2.24, 2.45) is 0 Å². The van der Waals surface area contributed by atoms with Gasteiger partial charge in [-0.2, -0.15) is 4.31 Å². The van der Waals surface area contributed by atoms with Crippen LogP contribution in [0.5, 0.6) is 5.75 Å². The highest BCUT2D eigenvalue weighted by Gasteiger charge is 2.40. The Morgan fingerprint density at radius 1 is 1.00 bits per heavy atom. The Morgan fingerprint density at radius 2 is 1.68 bits per heavy atom. The van der Waals surface area contributed by atoms with Gasteiger partial charge in [-0.15, -0.1) is 0 Å². The normalized spacial score (nSPS) is 21.0. The quantitative estimate of drug-likeness (QED) is 0.505. The molecule has 202 valence electrons. The summed E-state index contributed by atoms with van der Waals surface area (Å²) in [4.78, 5) is 19.4. The number of amides is 2. The lowest BCUT2D eigenvalue weighted by Crippen LogP contribution is -2.53. The Kier molecular flexibility index (Phi) is 8.91. The number of carbonyl (C=O) groups is 1. The lowest BCUT2D eigenvalue weighted by molar-refractivity contribution is 0.138. The first-order chi connectivity index (χ1) is 17.6. The molecule has 8 nitrogen and oxygen atoms in total. The van der Waals surface area contributed by atoms with Gasteiger partial charge in [0.2, 0.25) is 10.0 Å². The van der Waals surface area contributed by atoms with Gasteiger partial charge in [0.15, 0.2) is 0 Å². The topological polar surface area (TPSA) is 73.4 Å². The molecule has 0 bridgehead atoms. The number of sulfonamides is 1. The molecule has 2 amide bonds. The van der Waals surface area contributed by atoms with E-state index in [0.717, 1.165) is 16.9 Å². The van der Waals surface area contributed by atoms with Gasteiger partial charge in [-0.05, 0) is 49.4 Å². The number of hydrogen-bond acceptors (Lipinski definition) is 5. The second-order valence-corrected chi connectivity index (χ2v) is 12.5. The Labute approximate surface area is 229 Å². The minimum atomic E-state index is -3.26. The molecule has 2 aromatic rings. The maximum absolute atomic E-state index is 13.5. The third kappa shape index (κ3) is 6.70. The molecule has 0 spiro atoms. The molecule has 2 aromatic carbocycles. The molecule has 0 radical (unpaired) electrons. The molecule has 0 saturated carbocycles. The fourth-order valence-corrected chi connectivity index (χ4v) is 6.27. The second-order valence-electron chi connectivity index (χ2n) is 9.68. The van der Waals surface area contributed by atoms with Gasteiger partial charge in [0.1, 0.15) is 5.75 Å². The average molecular weight is 570 g/mol. The number of hydrogen-bond donors (Lipinski definition) is 0. The van der Waals surface area contributed by atoms with Gasteiger partial charge in [-0.1, -0.05) is 41.4 Å². The van der Waals surface area contributed by atoms with Crippen LogP contribution < -0.4 is 4.74 Å². The number of ether oxygens (including phenoxy) is 1. The molecule has 0 unspecified atom stereocenters. The molecule has 2 saturated heterocycles. The first-order valence-corrected chi connectivity index (χ1v) is 15.0. The van der Waals surface area contributed by atoms with Gasteiger partial charge in [0.25, 0.3) is 0 Å². The van der Waals surface area contributed by atoms with Crippen LogP contribution in [0.4, 0.5) is 4.79 Å². The van der Waals surface area contributed by atoms with Gasteiger partial charge in [0, 0.05) is 57.8 Å². The van der Waals surface area contributed by atoms with Crippen molar-refractivity contribution in [1.29, 1.82) is 0 Å². The lowest BCUT2D eigenvalue weighted by Gasteiger charge is -2.35. The van der Waals surface area contributed by atoms with E-state index >= 15 is 0 Å². The maximum atomic E-state index is 13.5. The van der Waals surface area contributed by atoms with Gasteiger partial charge in [0.05, 0.1) is 22.9 Å². The molecule has 0 aliphatic carbocycles. The zero-order valence-corrected chi connectivity index (χ0v) is 23.8. The van der Waals surface area contributed by atoms with Crippen LogP contribution in [-0.2, 0) is 16.6 Å². The predicted molar refractivity (Wildman–Crippen MR) is 147 cm³/mol. The van der Waals surface area contributed by atoms with E-state index in [9.17, 15) is 13.2 Å². The first-order valence-electron chi connectivity index (χ1n) is 12.4. The monoisotopic (exact) mass is 568 g/mol. The highest BCUT2D eigenvalue weighted by Crippen LogP contribution is 2.35. The number of rotatable bonds is 7. The summed E-state index contributed by atoms with van der Waals surface area (Å²) in [7, 11) is -1.18. The minimum absolute atomic E-state index is 0.0451. The fraction of sp³-hybridized carbons (Fsp3) is 0.500. The van der Waals surface area contributed by atoms with Crippen molar-refractivity contribution in [3.05, 3.63) is 63.6 Å². The van der Waals surface area contributed by atoms with Crippen molar-refractivity contribution in [3.8, 4) is 5.75 Å². The summed E-state index contributed by atoms with van der Waals surface area (Å²) in [5, 5.41) is 0.994. The molecule has 2 fully saturated rings. The SMILES string of the molecule is CCOc1ccc(CN(C)[C@@H]2CN(C(=O)N3CCN(S(C)(=O)=O)CC3)C[C@@H]2c2ccc(Cl)c(Cl)c2)cc1. The summed E-state index contributed by atoms with van der Waals surface area (Å²) in [5.74, 6) is 0.889. The Hall–Kier alpha value is -2.04. The highest BCUT2D eigenvalue weighted by atomic mass is 35.5. The fourth-order valence-electron chi connectivity index (χ4n) is 5.13. The number of urea groups is 1.